The lowest BCUT2D eigenvalue weighted by Crippen LogP contribution is -2.43. The van der Waals surface area contributed by atoms with Gasteiger partial charge in [0.25, 0.3) is 0 Å². The number of carbonyl (C=O) groups excluding carboxylic acids is 5. The first-order chi connectivity index (χ1) is 68.2. The summed E-state index contributed by atoms with van der Waals surface area (Å²) in [5.74, 6) is 4.76. The molecule has 730 valence electrons. The number of amides is 2. The molecule has 0 radical (unpaired) electrons. The van der Waals surface area contributed by atoms with Crippen LogP contribution in [0, 0.1) is 0 Å². The number of piperidine rings is 2. The molecule has 10 heterocycles. The van der Waals surface area contributed by atoms with E-state index in [2.05, 4.69) is 103 Å². The molecule has 8 N–H and O–H groups in total. The summed E-state index contributed by atoms with van der Waals surface area (Å²) in [4.78, 5) is 106. The molecule has 25 heteroatoms. The minimum atomic E-state index is -0.857. The number of aromatic carboxylic acids is 1. The molecule has 22 rings (SSSR count). The highest BCUT2D eigenvalue weighted by Gasteiger charge is 2.34. The molecule has 5 aliphatic carbocycles. The fourth-order valence-corrected chi connectivity index (χ4v) is 21.6. The Hall–Kier alpha value is -12.9. The van der Waals surface area contributed by atoms with Crippen LogP contribution in [0.15, 0.2) is 204 Å². The normalized spacial score (nSPS) is 16.1. The molecule has 3 saturated heterocycles. The van der Waals surface area contributed by atoms with Gasteiger partial charge in [0.05, 0.1) is 51.2 Å². The first-order valence-electron chi connectivity index (χ1n) is 50.5. The number of anilines is 7. The number of Topliss-reactive ketones (excluding diaryl/α,β-unsaturated/α-hetero) is 2. The number of fused-ring (bicyclic) bond motifs is 4. The Morgan fingerprint density at radius 1 is 0.397 bits per heavy atom. The number of esters is 1. The lowest BCUT2D eigenvalue weighted by molar-refractivity contribution is 0.0524. The van der Waals surface area contributed by atoms with Crippen molar-refractivity contribution in [3.8, 4) is 31.3 Å². The molecule has 14 aromatic rings. The van der Waals surface area contributed by atoms with Gasteiger partial charge in [-0.15, -0.1) is 34.0 Å². The van der Waals surface area contributed by atoms with Crippen molar-refractivity contribution >= 4 is 154 Å². The number of pyridine rings is 4. The van der Waals surface area contributed by atoms with Crippen molar-refractivity contribution in [1.29, 1.82) is 0 Å². The van der Waals surface area contributed by atoms with Crippen molar-refractivity contribution in [3.63, 3.8) is 0 Å². The maximum absolute atomic E-state index is 13.9. The molecule has 8 aliphatic rings. The first kappa shape index (κ1) is 98.3. The topological polar surface area (TPSA) is 300 Å². The minimum absolute atomic E-state index is 0.0284. The quantitative estimate of drug-likeness (QED) is 0.0159. The van der Waals surface area contributed by atoms with Crippen LogP contribution in [0.25, 0.3) is 74.9 Å². The van der Waals surface area contributed by atoms with E-state index in [1.807, 2.05) is 168 Å². The van der Waals surface area contributed by atoms with Crippen LogP contribution in [0.3, 0.4) is 0 Å². The fourth-order valence-electron chi connectivity index (χ4n) is 19.4. The van der Waals surface area contributed by atoms with E-state index in [1.165, 1.54) is 124 Å². The van der Waals surface area contributed by atoms with Crippen LogP contribution < -0.4 is 42.1 Å². The van der Waals surface area contributed by atoms with Crippen LogP contribution in [0.5, 0.6) is 0 Å². The summed E-state index contributed by atoms with van der Waals surface area (Å²) in [5, 5.41) is 28.4. The summed E-state index contributed by atoms with van der Waals surface area (Å²) in [6.07, 6.45) is 22.7. The molecule has 2 amide bonds. The number of rotatable bonds is 22. The number of carboxylic acids is 1. The Labute approximate surface area is 837 Å². The predicted octanol–water partition coefficient (Wildman–Crippen LogP) is 27.3. The number of aromatic nitrogens is 4. The van der Waals surface area contributed by atoms with Crippen LogP contribution in [0.2, 0.25) is 0 Å². The highest BCUT2D eigenvalue weighted by atomic mass is 32.1. The zero-order chi connectivity index (χ0) is 98.0. The van der Waals surface area contributed by atoms with Gasteiger partial charge < -0.3 is 50.8 Å². The van der Waals surface area contributed by atoms with Gasteiger partial charge in [0.15, 0.2) is 11.6 Å². The van der Waals surface area contributed by atoms with Crippen molar-refractivity contribution in [3.05, 3.63) is 266 Å². The minimum Gasteiger partial charge on any atom is -0.478 e. The van der Waals surface area contributed by atoms with Crippen LogP contribution in [-0.4, -0.2) is 131 Å². The lowest BCUT2D eigenvalue weighted by Gasteiger charge is -2.28. The number of nitrogens with one attached hydrogen (secondary N) is 3. The maximum Gasteiger partial charge on any atom is 0.412 e. The second-order valence-corrected chi connectivity index (χ2v) is 43.4. The van der Waals surface area contributed by atoms with Gasteiger partial charge in [0.2, 0.25) is 0 Å². The molecule has 7 aromatic carbocycles. The van der Waals surface area contributed by atoms with Gasteiger partial charge in [0, 0.05) is 135 Å². The van der Waals surface area contributed by atoms with Crippen molar-refractivity contribution < 1.29 is 48.1 Å². The largest absolute Gasteiger partial charge is 0.478 e. The van der Waals surface area contributed by atoms with Gasteiger partial charge in [-0.2, -0.15) is 0 Å². The summed E-state index contributed by atoms with van der Waals surface area (Å²) in [7, 11) is 0. The SMILES string of the molecule is CC(C)(C)OC(=O)Nc1ccc(-c2cccs2)cc1CC(=O)c1cc(C2CC2)c2nc(C3CCCCC3)ccc2c1.CC(C)(C)OC(=O)Nc1ccc(-c2cccs2)cc1N.CCOC(=O)c1cc(C2CC2)c2nc(N3CCCCC3)ccc2c1.Nc1ccc(-c2cccs2)cc1CC(=O)c1cc(C2CC2)c2nc(N3CCNCC3)ccc2c1.O=C(O)c1cc(C2CC2)c2nc(N3CCCCC3)ccc2c1. The van der Waals surface area contributed by atoms with E-state index in [-0.39, 0.29) is 24.0 Å². The molecule has 0 atom stereocenters. The number of nitrogens with two attached hydrogens (primary N) is 2. The summed E-state index contributed by atoms with van der Waals surface area (Å²) >= 11 is 4.98. The Bertz CT molecular complexity index is 6870. The highest BCUT2D eigenvalue weighted by molar-refractivity contribution is 7.14. The van der Waals surface area contributed by atoms with Gasteiger partial charge >= 0.3 is 24.1 Å². The van der Waals surface area contributed by atoms with Crippen LogP contribution >= 0.6 is 34.0 Å². The number of piperazine rings is 1. The van der Waals surface area contributed by atoms with Gasteiger partial charge in [0.1, 0.15) is 28.7 Å². The number of nitrogen functional groups attached to an aromatic ring is 2. The van der Waals surface area contributed by atoms with Gasteiger partial charge in [-0.3, -0.25) is 25.2 Å². The Morgan fingerprint density at radius 2 is 0.780 bits per heavy atom. The third-order valence-corrected chi connectivity index (χ3v) is 30.0. The number of thiophene rings is 3. The first-order valence-corrected chi connectivity index (χ1v) is 53.1. The van der Waals surface area contributed by atoms with Gasteiger partial charge in [-0.05, 0) is 387 Å². The Morgan fingerprint density at radius 3 is 1.21 bits per heavy atom. The molecule has 8 fully saturated rings. The number of carbonyl (C=O) groups is 6. The average Bonchev–Trinajstić information content (AvgIpc) is 1.28. The molecule has 5 saturated carbocycles. The monoisotopic (exact) mass is 1940 g/mol. The Kier molecular flexibility index (Phi) is 30.7. The molecular weight excluding hydrogens is 1820 g/mol. The van der Waals surface area contributed by atoms with Gasteiger partial charge in [-0.1, -0.05) is 61.7 Å². The number of hydrogen-bond acceptors (Lipinski definition) is 22. The zero-order valence-electron chi connectivity index (χ0n) is 81.9. The molecule has 0 bridgehead atoms. The van der Waals surface area contributed by atoms with Crippen LogP contribution in [0.4, 0.5) is 49.8 Å². The molecule has 0 spiro atoms. The Balaban J connectivity index is 0.000000120. The number of ether oxygens (including phenoxy) is 3. The van der Waals surface area contributed by atoms with E-state index in [9.17, 15) is 33.9 Å². The lowest BCUT2D eigenvalue weighted by atomic mass is 9.86. The molecular formula is C116H128N12O10S3. The van der Waals surface area contributed by atoms with Crippen molar-refractivity contribution in [2.45, 2.75) is 224 Å². The predicted molar refractivity (Wildman–Crippen MR) is 575 cm³/mol. The van der Waals surface area contributed by atoms with Crippen molar-refractivity contribution in [2.75, 3.05) is 95.8 Å². The summed E-state index contributed by atoms with van der Waals surface area (Å²) in [6, 6.07) is 62.2. The standard InChI is InChI=1S/C35H38N2O3S.C28H28N4OS.C20H24N2O2.C18H20N2O2.C15H18N2O2S/c1-35(2,3)40-34(39)37-30-15-13-24(32-10-7-17-41-32)18-26(30)21-31(38)27-19-25-14-16-29(23-8-5-4-6-9-23)36-33(25)28(20-27)22-11-12-22;29-24-7-5-19(26-2-1-13-34-26)14-21(24)17-25(33)22-15-20-6-8-27(32-11-9-30-10-12-32)31-28(20)23(16-22)18-3-4-18;1-2-24-20(23)16-12-15-8-9-18(22-10-4-3-5-11-22)21-19(15)17(13-16)14-6-7-14;21-18(22)14-10-13-6-7-16(20-8-2-1-3-9-20)19-17(13)15(11-14)12-4-5-12;1-15(2,3)19-14(18)17-12-7-6-10(9-11(12)16)13-5-4-8-20-13/h7,10,13-20,22-23H,4-6,8-9,11-12,21H2,1-3H3,(H,37,39);1-2,5-8,13-16,18,30H,3-4,9-12,17,29H2;8-9,12-14H,2-7,10-11H2,1H3;6-7,10-12H,1-5,8-9H2,(H,21,22);4-9H,16H2,1-3H3,(H,17,18). The number of benzene rings is 7. The van der Waals surface area contributed by atoms with E-state index in [0.29, 0.717) is 82.1 Å². The summed E-state index contributed by atoms with van der Waals surface area (Å²) < 4.78 is 15.9. The average molecular weight is 1950 g/mol. The summed E-state index contributed by atoms with van der Waals surface area (Å²) in [5.41, 5.74) is 30.9. The number of hydrogen-bond donors (Lipinski definition) is 6. The third kappa shape index (κ3) is 25.3. The number of carboxylic acid groups (broad SMARTS) is 1. The van der Waals surface area contributed by atoms with E-state index >= 15 is 0 Å². The molecule has 22 nitrogen and oxygen atoms in total. The summed E-state index contributed by atoms with van der Waals surface area (Å²) in [6.45, 7) is 21.4. The number of nitrogens with zero attached hydrogens (tertiary/aromatic N) is 7. The van der Waals surface area contributed by atoms with Crippen molar-refractivity contribution in [1.82, 2.24) is 25.3 Å². The van der Waals surface area contributed by atoms with E-state index in [4.69, 9.17) is 45.6 Å². The molecule has 0 unspecified atom stereocenters. The van der Waals surface area contributed by atoms with Crippen LogP contribution in [-0.2, 0) is 27.1 Å². The fraction of sp³-hybridized carbons (Fsp3) is 0.379. The molecule has 141 heavy (non-hydrogen) atoms. The second-order valence-electron chi connectivity index (χ2n) is 40.6. The van der Waals surface area contributed by atoms with E-state index in [0.717, 1.165) is 188 Å². The molecule has 7 aromatic heterocycles. The van der Waals surface area contributed by atoms with Gasteiger partial charge in [-0.25, -0.2) is 34.1 Å². The van der Waals surface area contributed by atoms with Crippen molar-refractivity contribution in [2.24, 2.45) is 0 Å². The zero-order valence-corrected chi connectivity index (χ0v) is 84.3. The maximum atomic E-state index is 13.9. The highest BCUT2D eigenvalue weighted by Crippen LogP contribution is 2.49. The number of ketones is 2. The second kappa shape index (κ2) is 44.1. The third-order valence-electron chi connectivity index (χ3n) is 27.3. The van der Waals surface area contributed by atoms with Crippen LogP contribution in [0.1, 0.15) is 281 Å². The van der Waals surface area contributed by atoms with E-state index in [1.54, 1.807) is 46.1 Å². The van der Waals surface area contributed by atoms with E-state index < -0.39 is 29.4 Å². The smallest absolute Gasteiger partial charge is 0.412 e. The molecule has 3 aliphatic heterocycles.